The monoisotopic (exact) mass is 335 g/mol. The number of aryl methyl sites for hydroxylation is 1. The second-order valence-electron chi connectivity index (χ2n) is 4.50. The SMILES string of the molecule is COc1ccc(OC)c(NCc2ccc(C)c(Br)c2)c1. The largest absolute Gasteiger partial charge is 0.497 e. The first-order valence-corrected chi connectivity index (χ1v) is 7.14. The van der Waals surface area contributed by atoms with Gasteiger partial charge in [-0.2, -0.15) is 0 Å². The molecular formula is C16H18BrNO2. The number of halogens is 1. The highest BCUT2D eigenvalue weighted by atomic mass is 79.9. The summed E-state index contributed by atoms with van der Waals surface area (Å²) in [5, 5.41) is 3.38. The van der Waals surface area contributed by atoms with Crippen molar-refractivity contribution < 1.29 is 9.47 Å². The maximum absolute atomic E-state index is 5.35. The second kappa shape index (κ2) is 6.66. The second-order valence-corrected chi connectivity index (χ2v) is 5.36. The molecule has 106 valence electrons. The fourth-order valence-electron chi connectivity index (χ4n) is 1.90. The molecule has 0 aliphatic heterocycles. The molecule has 0 spiro atoms. The van der Waals surface area contributed by atoms with Crippen molar-refractivity contribution in [2.24, 2.45) is 0 Å². The molecule has 0 saturated heterocycles. The quantitative estimate of drug-likeness (QED) is 0.879. The van der Waals surface area contributed by atoms with Crippen molar-refractivity contribution in [3.05, 3.63) is 52.0 Å². The lowest BCUT2D eigenvalue weighted by atomic mass is 10.1. The summed E-state index contributed by atoms with van der Waals surface area (Å²) in [5.74, 6) is 1.61. The van der Waals surface area contributed by atoms with E-state index in [1.165, 1.54) is 11.1 Å². The fraction of sp³-hybridized carbons (Fsp3) is 0.250. The molecule has 0 aromatic heterocycles. The van der Waals surface area contributed by atoms with Gasteiger partial charge in [0.2, 0.25) is 0 Å². The van der Waals surface area contributed by atoms with Gasteiger partial charge in [-0.15, -0.1) is 0 Å². The number of rotatable bonds is 5. The van der Waals surface area contributed by atoms with E-state index in [0.29, 0.717) is 0 Å². The predicted octanol–water partition coefficient (Wildman–Crippen LogP) is 4.39. The molecule has 2 rings (SSSR count). The average molecular weight is 336 g/mol. The van der Waals surface area contributed by atoms with E-state index in [9.17, 15) is 0 Å². The van der Waals surface area contributed by atoms with Crippen LogP contribution in [-0.4, -0.2) is 14.2 Å². The highest BCUT2D eigenvalue weighted by molar-refractivity contribution is 9.10. The Morgan fingerprint density at radius 2 is 1.85 bits per heavy atom. The lowest BCUT2D eigenvalue weighted by Gasteiger charge is -2.13. The first-order chi connectivity index (χ1) is 9.63. The van der Waals surface area contributed by atoms with Gasteiger partial charge in [0.15, 0.2) is 0 Å². The van der Waals surface area contributed by atoms with Gasteiger partial charge >= 0.3 is 0 Å². The molecule has 1 N–H and O–H groups in total. The normalized spacial score (nSPS) is 10.2. The van der Waals surface area contributed by atoms with E-state index in [4.69, 9.17) is 9.47 Å². The summed E-state index contributed by atoms with van der Waals surface area (Å²) >= 11 is 3.55. The van der Waals surface area contributed by atoms with E-state index in [1.54, 1.807) is 14.2 Å². The topological polar surface area (TPSA) is 30.5 Å². The van der Waals surface area contributed by atoms with Crippen molar-refractivity contribution in [2.75, 3.05) is 19.5 Å². The van der Waals surface area contributed by atoms with Crippen LogP contribution < -0.4 is 14.8 Å². The zero-order chi connectivity index (χ0) is 14.5. The Bertz CT molecular complexity index is 599. The molecule has 0 unspecified atom stereocenters. The Balaban J connectivity index is 2.15. The Morgan fingerprint density at radius 3 is 2.50 bits per heavy atom. The number of ether oxygens (including phenoxy) is 2. The van der Waals surface area contributed by atoms with Gasteiger partial charge in [0.25, 0.3) is 0 Å². The zero-order valence-electron chi connectivity index (χ0n) is 11.9. The number of hydrogen-bond acceptors (Lipinski definition) is 3. The van der Waals surface area contributed by atoms with E-state index in [2.05, 4.69) is 46.4 Å². The van der Waals surface area contributed by atoms with Gasteiger partial charge in [-0.25, -0.2) is 0 Å². The van der Waals surface area contributed by atoms with Crippen molar-refractivity contribution in [2.45, 2.75) is 13.5 Å². The summed E-state index contributed by atoms with van der Waals surface area (Å²) in [6.07, 6.45) is 0. The molecule has 0 fully saturated rings. The molecule has 0 heterocycles. The molecule has 0 bridgehead atoms. The van der Waals surface area contributed by atoms with Gasteiger partial charge in [-0.1, -0.05) is 28.1 Å². The maximum Gasteiger partial charge on any atom is 0.142 e. The van der Waals surface area contributed by atoms with E-state index in [-0.39, 0.29) is 0 Å². The van der Waals surface area contributed by atoms with Gasteiger partial charge in [0.1, 0.15) is 11.5 Å². The number of anilines is 1. The third-order valence-corrected chi connectivity index (χ3v) is 3.98. The summed E-state index contributed by atoms with van der Waals surface area (Å²) in [6.45, 7) is 2.80. The number of benzene rings is 2. The number of methoxy groups -OCH3 is 2. The van der Waals surface area contributed by atoms with Gasteiger partial charge in [0, 0.05) is 17.1 Å². The van der Waals surface area contributed by atoms with Crippen LogP contribution in [0.2, 0.25) is 0 Å². The summed E-state index contributed by atoms with van der Waals surface area (Å²) < 4.78 is 11.7. The molecule has 2 aromatic carbocycles. The molecule has 0 amide bonds. The smallest absolute Gasteiger partial charge is 0.142 e. The molecule has 2 aromatic rings. The summed E-state index contributed by atoms with van der Waals surface area (Å²) in [5.41, 5.74) is 3.35. The third kappa shape index (κ3) is 3.45. The van der Waals surface area contributed by atoms with Crippen LogP contribution in [0.4, 0.5) is 5.69 Å². The molecule has 0 aliphatic carbocycles. The van der Waals surface area contributed by atoms with E-state index in [0.717, 1.165) is 28.2 Å². The standard InChI is InChI=1S/C16H18BrNO2/c1-11-4-5-12(8-14(11)17)10-18-15-9-13(19-2)6-7-16(15)20-3/h4-9,18H,10H2,1-3H3. The molecule has 20 heavy (non-hydrogen) atoms. The minimum absolute atomic E-state index is 0.725. The maximum atomic E-state index is 5.35. The predicted molar refractivity (Wildman–Crippen MR) is 85.8 cm³/mol. The van der Waals surface area contributed by atoms with Crippen molar-refractivity contribution >= 4 is 21.6 Å². The molecule has 0 atom stereocenters. The summed E-state index contributed by atoms with van der Waals surface area (Å²) in [6, 6.07) is 12.0. The van der Waals surface area contributed by atoms with E-state index in [1.807, 2.05) is 18.2 Å². The van der Waals surface area contributed by atoms with Crippen LogP contribution in [-0.2, 0) is 6.54 Å². The van der Waals surface area contributed by atoms with Crippen molar-refractivity contribution in [1.29, 1.82) is 0 Å². The molecule has 0 saturated carbocycles. The van der Waals surface area contributed by atoms with Crippen LogP contribution >= 0.6 is 15.9 Å². The summed E-state index contributed by atoms with van der Waals surface area (Å²) in [7, 11) is 3.32. The lowest BCUT2D eigenvalue weighted by molar-refractivity contribution is 0.404. The Morgan fingerprint density at radius 1 is 1.05 bits per heavy atom. The zero-order valence-corrected chi connectivity index (χ0v) is 13.5. The van der Waals surface area contributed by atoms with Crippen molar-refractivity contribution in [1.82, 2.24) is 0 Å². The van der Waals surface area contributed by atoms with Crippen LogP contribution in [0.1, 0.15) is 11.1 Å². The van der Waals surface area contributed by atoms with E-state index < -0.39 is 0 Å². The highest BCUT2D eigenvalue weighted by Crippen LogP contribution is 2.29. The fourth-order valence-corrected chi connectivity index (χ4v) is 2.32. The third-order valence-electron chi connectivity index (χ3n) is 3.13. The molecule has 0 radical (unpaired) electrons. The minimum atomic E-state index is 0.725. The van der Waals surface area contributed by atoms with Crippen molar-refractivity contribution in [3.8, 4) is 11.5 Å². The Kier molecular flexibility index (Phi) is 4.90. The Hall–Kier alpha value is -1.68. The Labute approximate surface area is 128 Å². The van der Waals surface area contributed by atoms with Crippen LogP contribution in [0.25, 0.3) is 0 Å². The molecular weight excluding hydrogens is 318 g/mol. The minimum Gasteiger partial charge on any atom is -0.497 e. The first kappa shape index (κ1) is 14.7. The lowest BCUT2D eigenvalue weighted by Crippen LogP contribution is -2.02. The average Bonchev–Trinajstić information content (AvgIpc) is 2.48. The van der Waals surface area contributed by atoms with Crippen LogP contribution in [0.5, 0.6) is 11.5 Å². The van der Waals surface area contributed by atoms with Gasteiger partial charge < -0.3 is 14.8 Å². The van der Waals surface area contributed by atoms with Crippen LogP contribution in [0.3, 0.4) is 0 Å². The number of hydrogen-bond donors (Lipinski definition) is 1. The number of nitrogens with one attached hydrogen (secondary N) is 1. The van der Waals surface area contributed by atoms with Crippen LogP contribution in [0, 0.1) is 6.92 Å². The van der Waals surface area contributed by atoms with Gasteiger partial charge in [0.05, 0.1) is 19.9 Å². The summed E-state index contributed by atoms with van der Waals surface area (Å²) in [4.78, 5) is 0. The van der Waals surface area contributed by atoms with E-state index >= 15 is 0 Å². The molecule has 3 nitrogen and oxygen atoms in total. The van der Waals surface area contributed by atoms with Gasteiger partial charge in [-0.3, -0.25) is 0 Å². The van der Waals surface area contributed by atoms with Gasteiger partial charge in [-0.05, 0) is 36.2 Å². The first-order valence-electron chi connectivity index (χ1n) is 6.35. The van der Waals surface area contributed by atoms with Crippen LogP contribution in [0.15, 0.2) is 40.9 Å². The molecule has 4 heteroatoms. The van der Waals surface area contributed by atoms with Crippen molar-refractivity contribution in [3.63, 3.8) is 0 Å². The molecule has 0 aliphatic rings. The highest BCUT2D eigenvalue weighted by Gasteiger charge is 2.05.